The summed E-state index contributed by atoms with van der Waals surface area (Å²) in [4.78, 5) is 22.6. The first-order valence-electron chi connectivity index (χ1n) is 6.78. The predicted octanol–water partition coefficient (Wildman–Crippen LogP) is 2.53. The second-order valence-electron chi connectivity index (χ2n) is 4.66. The average Bonchev–Trinajstić information content (AvgIpc) is 2.50. The molecule has 1 rings (SSSR count). The standard InChI is InChI=1S/C16H17F3N2O2/c1-3-14(22)20-8-9-21-15(23)10-11(2)12-6-4-5-7-13(12)16(17,18)19/h3-7,10H,1,8-9H2,2H3,(H,20,22)(H,21,23). The van der Waals surface area contributed by atoms with Gasteiger partial charge in [-0.15, -0.1) is 0 Å². The van der Waals surface area contributed by atoms with Gasteiger partial charge < -0.3 is 10.6 Å². The fourth-order valence-corrected chi connectivity index (χ4v) is 1.84. The lowest BCUT2D eigenvalue weighted by Gasteiger charge is -2.13. The minimum absolute atomic E-state index is 0.0462. The van der Waals surface area contributed by atoms with Crippen LogP contribution in [-0.4, -0.2) is 24.9 Å². The maximum absolute atomic E-state index is 12.9. The Bertz CT molecular complexity index is 622. The molecule has 0 fully saturated rings. The van der Waals surface area contributed by atoms with Crippen LogP contribution >= 0.6 is 0 Å². The first-order valence-corrected chi connectivity index (χ1v) is 6.78. The second-order valence-corrected chi connectivity index (χ2v) is 4.66. The summed E-state index contributed by atoms with van der Waals surface area (Å²) < 4.78 is 38.8. The van der Waals surface area contributed by atoms with E-state index >= 15 is 0 Å². The molecule has 4 nitrogen and oxygen atoms in total. The van der Waals surface area contributed by atoms with Crippen molar-refractivity contribution in [3.63, 3.8) is 0 Å². The van der Waals surface area contributed by atoms with Crippen molar-refractivity contribution in [1.82, 2.24) is 10.6 Å². The van der Waals surface area contributed by atoms with Crippen molar-refractivity contribution < 1.29 is 22.8 Å². The van der Waals surface area contributed by atoms with E-state index < -0.39 is 17.6 Å². The molecule has 124 valence electrons. The normalized spacial score (nSPS) is 11.7. The molecular weight excluding hydrogens is 309 g/mol. The van der Waals surface area contributed by atoms with E-state index in [1.165, 1.54) is 25.1 Å². The molecule has 2 N–H and O–H groups in total. The van der Waals surface area contributed by atoms with E-state index in [1.54, 1.807) is 0 Å². The van der Waals surface area contributed by atoms with Crippen LogP contribution in [0.1, 0.15) is 18.1 Å². The molecule has 0 spiro atoms. The van der Waals surface area contributed by atoms with Crippen molar-refractivity contribution in [2.24, 2.45) is 0 Å². The molecule has 0 radical (unpaired) electrons. The van der Waals surface area contributed by atoms with Crippen molar-refractivity contribution in [2.45, 2.75) is 13.1 Å². The van der Waals surface area contributed by atoms with E-state index in [-0.39, 0.29) is 30.1 Å². The highest BCUT2D eigenvalue weighted by Crippen LogP contribution is 2.34. The molecule has 0 aromatic heterocycles. The van der Waals surface area contributed by atoms with Gasteiger partial charge in [-0.3, -0.25) is 9.59 Å². The summed E-state index contributed by atoms with van der Waals surface area (Å²) in [5.41, 5.74) is -0.638. The van der Waals surface area contributed by atoms with Crippen LogP contribution in [0.4, 0.5) is 13.2 Å². The number of halogens is 3. The predicted molar refractivity (Wildman–Crippen MR) is 81.3 cm³/mol. The number of nitrogens with one attached hydrogen (secondary N) is 2. The van der Waals surface area contributed by atoms with Gasteiger partial charge in [0.1, 0.15) is 0 Å². The van der Waals surface area contributed by atoms with Crippen LogP contribution < -0.4 is 10.6 Å². The van der Waals surface area contributed by atoms with Crippen LogP contribution in [0.15, 0.2) is 43.0 Å². The molecule has 1 aromatic carbocycles. The van der Waals surface area contributed by atoms with Crippen molar-refractivity contribution in [3.8, 4) is 0 Å². The Hall–Kier alpha value is -2.57. The lowest BCUT2D eigenvalue weighted by Crippen LogP contribution is -2.33. The van der Waals surface area contributed by atoms with E-state index in [0.717, 1.165) is 18.2 Å². The van der Waals surface area contributed by atoms with Gasteiger partial charge in [0.05, 0.1) is 5.56 Å². The number of hydrogen-bond acceptors (Lipinski definition) is 2. The molecule has 23 heavy (non-hydrogen) atoms. The maximum atomic E-state index is 12.9. The van der Waals surface area contributed by atoms with Crippen LogP contribution in [0.25, 0.3) is 5.57 Å². The summed E-state index contributed by atoms with van der Waals surface area (Å²) >= 11 is 0. The molecule has 0 atom stereocenters. The van der Waals surface area contributed by atoms with Gasteiger partial charge in [-0.25, -0.2) is 0 Å². The Morgan fingerprint density at radius 2 is 1.70 bits per heavy atom. The first-order chi connectivity index (χ1) is 10.8. The Kier molecular flexibility index (Phi) is 6.56. The molecule has 0 aliphatic heterocycles. The van der Waals surface area contributed by atoms with Crippen molar-refractivity contribution in [1.29, 1.82) is 0 Å². The van der Waals surface area contributed by atoms with E-state index in [0.29, 0.717) is 0 Å². The largest absolute Gasteiger partial charge is 0.416 e. The third-order valence-corrected chi connectivity index (χ3v) is 2.91. The summed E-state index contributed by atoms with van der Waals surface area (Å²) in [5, 5.41) is 4.94. The molecule has 0 unspecified atom stereocenters. The zero-order valence-electron chi connectivity index (χ0n) is 12.5. The van der Waals surface area contributed by atoms with Crippen LogP contribution in [0.3, 0.4) is 0 Å². The van der Waals surface area contributed by atoms with Crippen LogP contribution in [0, 0.1) is 0 Å². The highest BCUT2D eigenvalue weighted by molar-refractivity contribution is 5.95. The lowest BCUT2D eigenvalue weighted by atomic mass is 10.00. The second kappa shape index (κ2) is 8.17. The van der Waals surface area contributed by atoms with Crippen molar-refractivity contribution in [2.75, 3.05) is 13.1 Å². The number of benzene rings is 1. The Balaban J connectivity index is 2.72. The highest BCUT2D eigenvalue weighted by Gasteiger charge is 2.33. The molecule has 0 aliphatic rings. The van der Waals surface area contributed by atoms with Gasteiger partial charge in [-0.05, 0) is 30.2 Å². The van der Waals surface area contributed by atoms with Crippen LogP contribution in [0.5, 0.6) is 0 Å². The molecular formula is C16H17F3N2O2. The number of amides is 2. The third kappa shape index (κ3) is 5.98. The van der Waals surface area contributed by atoms with Crippen LogP contribution in [0.2, 0.25) is 0 Å². The summed E-state index contributed by atoms with van der Waals surface area (Å²) in [6.45, 7) is 5.06. The summed E-state index contributed by atoms with van der Waals surface area (Å²) in [5.74, 6) is -0.905. The Labute approximate surface area is 132 Å². The Morgan fingerprint density at radius 1 is 1.13 bits per heavy atom. The zero-order chi connectivity index (χ0) is 17.5. The van der Waals surface area contributed by atoms with Gasteiger partial charge in [0, 0.05) is 19.2 Å². The molecule has 0 saturated heterocycles. The maximum Gasteiger partial charge on any atom is 0.416 e. The summed E-state index contributed by atoms with van der Waals surface area (Å²) in [6, 6.07) is 5.05. The van der Waals surface area contributed by atoms with E-state index in [1.807, 2.05) is 0 Å². The number of hydrogen-bond donors (Lipinski definition) is 2. The monoisotopic (exact) mass is 326 g/mol. The first kappa shape index (κ1) is 18.5. The topological polar surface area (TPSA) is 58.2 Å². The lowest BCUT2D eigenvalue weighted by molar-refractivity contribution is -0.137. The average molecular weight is 326 g/mol. The molecule has 0 heterocycles. The Morgan fingerprint density at radius 3 is 2.26 bits per heavy atom. The molecule has 0 aliphatic carbocycles. The fourth-order valence-electron chi connectivity index (χ4n) is 1.84. The molecule has 0 saturated carbocycles. The van der Waals surface area contributed by atoms with Gasteiger partial charge in [0.15, 0.2) is 0 Å². The fraction of sp³-hybridized carbons (Fsp3) is 0.250. The van der Waals surface area contributed by atoms with E-state index in [4.69, 9.17) is 0 Å². The highest BCUT2D eigenvalue weighted by atomic mass is 19.4. The molecule has 7 heteroatoms. The van der Waals surface area contributed by atoms with Gasteiger partial charge >= 0.3 is 6.18 Å². The molecule has 1 aromatic rings. The number of alkyl halides is 3. The van der Waals surface area contributed by atoms with Gasteiger partial charge in [0.2, 0.25) is 11.8 Å². The number of carbonyl (C=O) groups excluding carboxylic acids is 2. The number of carbonyl (C=O) groups is 2. The molecule has 0 bridgehead atoms. The summed E-state index contributed by atoms with van der Waals surface area (Å²) in [7, 11) is 0. The zero-order valence-corrected chi connectivity index (χ0v) is 12.5. The number of rotatable bonds is 6. The van der Waals surface area contributed by atoms with Crippen molar-refractivity contribution in [3.05, 3.63) is 54.1 Å². The van der Waals surface area contributed by atoms with Crippen LogP contribution in [-0.2, 0) is 15.8 Å². The number of allylic oxidation sites excluding steroid dienone is 1. The summed E-state index contributed by atoms with van der Waals surface area (Å²) in [6.07, 6.45) is -2.29. The van der Waals surface area contributed by atoms with Crippen molar-refractivity contribution >= 4 is 17.4 Å². The minimum atomic E-state index is -4.49. The van der Waals surface area contributed by atoms with Gasteiger partial charge in [0.25, 0.3) is 0 Å². The van der Waals surface area contributed by atoms with Gasteiger partial charge in [-0.2, -0.15) is 13.2 Å². The van der Waals surface area contributed by atoms with E-state index in [2.05, 4.69) is 17.2 Å². The molecule has 2 amide bonds. The SMILES string of the molecule is C=CC(=O)NCCNC(=O)C=C(C)c1ccccc1C(F)(F)F. The minimum Gasteiger partial charge on any atom is -0.351 e. The quantitative estimate of drug-likeness (QED) is 0.623. The third-order valence-electron chi connectivity index (χ3n) is 2.91. The smallest absolute Gasteiger partial charge is 0.351 e. The van der Waals surface area contributed by atoms with E-state index in [9.17, 15) is 22.8 Å². The van der Waals surface area contributed by atoms with Gasteiger partial charge in [-0.1, -0.05) is 24.8 Å².